The number of nitrogens with zero attached hydrogens (tertiary/aromatic N) is 4. The SMILES string of the molecule is COCc1cccc(Nc2cc(Cl)nc3ncnn23)c1. The van der Waals surface area contributed by atoms with Crippen molar-refractivity contribution in [2.75, 3.05) is 12.4 Å². The van der Waals surface area contributed by atoms with Crippen molar-refractivity contribution in [1.29, 1.82) is 0 Å². The summed E-state index contributed by atoms with van der Waals surface area (Å²) >= 11 is 5.98. The van der Waals surface area contributed by atoms with Gasteiger partial charge in [0.25, 0.3) is 5.78 Å². The molecule has 6 nitrogen and oxygen atoms in total. The van der Waals surface area contributed by atoms with E-state index in [1.807, 2.05) is 24.3 Å². The standard InChI is InChI=1S/C13H12ClN5O/c1-20-7-9-3-2-4-10(5-9)17-12-6-11(14)18-13-15-8-16-19(12)13/h2-6,8,17H,7H2,1H3. The molecule has 0 saturated carbocycles. The molecule has 0 bridgehead atoms. The van der Waals surface area contributed by atoms with Crippen molar-refractivity contribution in [3.63, 3.8) is 0 Å². The van der Waals surface area contributed by atoms with Gasteiger partial charge < -0.3 is 10.1 Å². The lowest BCUT2D eigenvalue weighted by Gasteiger charge is -2.09. The largest absolute Gasteiger partial charge is 0.380 e. The van der Waals surface area contributed by atoms with Gasteiger partial charge in [-0.25, -0.2) is 0 Å². The summed E-state index contributed by atoms with van der Waals surface area (Å²) in [7, 11) is 1.67. The van der Waals surface area contributed by atoms with E-state index in [-0.39, 0.29) is 0 Å². The average Bonchev–Trinajstić information content (AvgIpc) is 2.87. The predicted molar refractivity (Wildman–Crippen MR) is 76.2 cm³/mol. The third-order valence-corrected chi connectivity index (χ3v) is 2.92. The second-order valence-electron chi connectivity index (χ2n) is 4.19. The van der Waals surface area contributed by atoms with Gasteiger partial charge in [-0.3, -0.25) is 0 Å². The van der Waals surface area contributed by atoms with Crippen molar-refractivity contribution in [2.45, 2.75) is 6.61 Å². The van der Waals surface area contributed by atoms with Gasteiger partial charge in [0, 0.05) is 18.9 Å². The molecule has 2 heterocycles. The minimum Gasteiger partial charge on any atom is -0.380 e. The molecule has 0 unspecified atom stereocenters. The van der Waals surface area contributed by atoms with Crippen LogP contribution in [0, 0.1) is 0 Å². The molecule has 0 atom stereocenters. The summed E-state index contributed by atoms with van der Waals surface area (Å²) in [5.74, 6) is 1.15. The zero-order chi connectivity index (χ0) is 13.9. The Morgan fingerprint density at radius 1 is 1.35 bits per heavy atom. The van der Waals surface area contributed by atoms with E-state index in [0.29, 0.717) is 23.4 Å². The minimum absolute atomic E-state index is 0.362. The quantitative estimate of drug-likeness (QED) is 0.748. The number of hydrogen-bond donors (Lipinski definition) is 1. The normalized spacial score (nSPS) is 10.9. The predicted octanol–water partition coefficient (Wildman–Crippen LogP) is 2.67. The van der Waals surface area contributed by atoms with Gasteiger partial charge in [-0.15, -0.1) is 0 Å². The molecule has 1 N–H and O–H groups in total. The molecule has 102 valence electrons. The van der Waals surface area contributed by atoms with Crippen LogP contribution >= 0.6 is 11.6 Å². The van der Waals surface area contributed by atoms with E-state index in [1.54, 1.807) is 17.7 Å². The molecule has 20 heavy (non-hydrogen) atoms. The van der Waals surface area contributed by atoms with Crippen molar-refractivity contribution in [1.82, 2.24) is 19.6 Å². The number of fused-ring (bicyclic) bond motifs is 1. The second kappa shape index (κ2) is 5.44. The fourth-order valence-electron chi connectivity index (χ4n) is 1.93. The maximum absolute atomic E-state index is 5.98. The van der Waals surface area contributed by atoms with E-state index in [0.717, 1.165) is 11.3 Å². The maximum Gasteiger partial charge on any atom is 0.255 e. The highest BCUT2D eigenvalue weighted by atomic mass is 35.5. The van der Waals surface area contributed by atoms with Crippen LogP contribution in [0.5, 0.6) is 0 Å². The van der Waals surface area contributed by atoms with Crippen molar-refractivity contribution >= 4 is 28.9 Å². The Morgan fingerprint density at radius 3 is 3.10 bits per heavy atom. The van der Waals surface area contributed by atoms with E-state index in [4.69, 9.17) is 16.3 Å². The Kier molecular flexibility index (Phi) is 3.49. The number of rotatable bonds is 4. The molecule has 7 heteroatoms. The fraction of sp³-hybridized carbons (Fsp3) is 0.154. The van der Waals surface area contributed by atoms with Gasteiger partial charge in [0.1, 0.15) is 17.3 Å². The molecule has 0 spiro atoms. The van der Waals surface area contributed by atoms with Crippen molar-refractivity contribution in [3.05, 3.63) is 47.4 Å². The molecule has 0 saturated heterocycles. The monoisotopic (exact) mass is 289 g/mol. The summed E-state index contributed by atoms with van der Waals surface area (Å²) < 4.78 is 6.72. The van der Waals surface area contributed by atoms with E-state index < -0.39 is 0 Å². The number of benzene rings is 1. The van der Waals surface area contributed by atoms with Crippen LogP contribution < -0.4 is 5.32 Å². The van der Waals surface area contributed by atoms with Gasteiger partial charge >= 0.3 is 0 Å². The highest BCUT2D eigenvalue weighted by Crippen LogP contribution is 2.20. The van der Waals surface area contributed by atoms with Crippen molar-refractivity contribution in [2.24, 2.45) is 0 Å². The molecule has 1 aromatic carbocycles. The Balaban J connectivity index is 1.96. The van der Waals surface area contributed by atoms with Crippen LogP contribution in [-0.2, 0) is 11.3 Å². The summed E-state index contributed by atoms with van der Waals surface area (Å²) in [4.78, 5) is 8.10. The highest BCUT2D eigenvalue weighted by Gasteiger charge is 2.07. The number of nitrogens with one attached hydrogen (secondary N) is 1. The first-order chi connectivity index (χ1) is 9.76. The van der Waals surface area contributed by atoms with Crippen LogP contribution in [0.1, 0.15) is 5.56 Å². The van der Waals surface area contributed by atoms with Crippen LogP contribution in [0.25, 0.3) is 5.78 Å². The molecule has 0 aliphatic rings. The molecule has 0 fully saturated rings. The molecule has 0 aliphatic carbocycles. The number of hydrogen-bond acceptors (Lipinski definition) is 5. The van der Waals surface area contributed by atoms with Crippen LogP contribution in [-0.4, -0.2) is 26.7 Å². The Bertz CT molecular complexity index is 742. The number of aromatic nitrogens is 4. The zero-order valence-corrected chi connectivity index (χ0v) is 11.5. The first-order valence-electron chi connectivity index (χ1n) is 5.97. The van der Waals surface area contributed by atoms with Gasteiger partial charge in [-0.05, 0) is 17.7 Å². The first kappa shape index (κ1) is 12.8. The van der Waals surface area contributed by atoms with Crippen molar-refractivity contribution in [3.8, 4) is 0 Å². The Morgan fingerprint density at radius 2 is 2.25 bits per heavy atom. The molecule has 3 rings (SSSR count). The minimum atomic E-state index is 0.362. The number of anilines is 2. The Labute approximate surface area is 120 Å². The lowest BCUT2D eigenvalue weighted by molar-refractivity contribution is 0.185. The fourth-order valence-corrected chi connectivity index (χ4v) is 2.10. The summed E-state index contributed by atoms with van der Waals surface area (Å²) in [5.41, 5.74) is 1.99. The van der Waals surface area contributed by atoms with Gasteiger partial charge in [0.15, 0.2) is 0 Å². The van der Waals surface area contributed by atoms with E-state index in [2.05, 4.69) is 20.4 Å². The second-order valence-corrected chi connectivity index (χ2v) is 4.58. The Hall–Kier alpha value is -2.18. The van der Waals surface area contributed by atoms with Crippen molar-refractivity contribution < 1.29 is 4.74 Å². The van der Waals surface area contributed by atoms with Crippen LogP contribution in [0.2, 0.25) is 5.15 Å². The molecule has 0 radical (unpaired) electrons. The molecule has 2 aromatic heterocycles. The molecular formula is C13H12ClN5O. The lowest BCUT2D eigenvalue weighted by Crippen LogP contribution is -2.02. The van der Waals surface area contributed by atoms with Crippen LogP contribution in [0.15, 0.2) is 36.7 Å². The van der Waals surface area contributed by atoms with Crippen LogP contribution in [0.3, 0.4) is 0 Å². The lowest BCUT2D eigenvalue weighted by atomic mass is 10.2. The maximum atomic E-state index is 5.98. The summed E-state index contributed by atoms with van der Waals surface area (Å²) in [5, 5.41) is 7.73. The third-order valence-electron chi connectivity index (χ3n) is 2.73. The van der Waals surface area contributed by atoms with Gasteiger partial charge in [-0.1, -0.05) is 23.7 Å². The molecule has 0 aliphatic heterocycles. The topological polar surface area (TPSA) is 64.3 Å². The summed E-state index contributed by atoms with van der Waals surface area (Å²) in [6.45, 7) is 0.561. The summed E-state index contributed by atoms with van der Waals surface area (Å²) in [6.07, 6.45) is 1.44. The number of methoxy groups -OCH3 is 1. The van der Waals surface area contributed by atoms with Gasteiger partial charge in [-0.2, -0.15) is 19.6 Å². The molecule has 3 aromatic rings. The molecule has 0 amide bonds. The van der Waals surface area contributed by atoms with Gasteiger partial charge in [0.2, 0.25) is 0 Å². The van der Waals surface area contributed by atoms with E-state index in [9.17, 15) is 0 Å². The number of ether oxygens (including phenoxy) is 1. The van der Waals surface area contributed by atoms with Crippen LogP contribution in [0.4, 0.5) is 11.5 Å². The summed E-state index contributed by atoms with van der Waals surface area (Å²) in [6, 6.07) is 9.61. The van der Waals surface area contributed by atoms with E-state index in [1.165, 1.54) is 6.33 Å². The third kappa shape index (κ3) is 2.56. The van der Waals surface area contributed by atoms with Gasteiger partial charge in [0.05, 0.1) is 6.61 Å². The smallest absolute Gasteiger partial charge is 0.255 e. The average molecular weight is 290 g/mol. The number of halogens is 1. The molecular weight excluding hydrogens is 278 g/mol. The van der Waals surface area contributed by atoms with E-state index >= 15 is 0 Å². The first-order valence-corrected chi connectivity index (χ1v) is 6.35. The zero-order valence-electron chi connectivity index (χ0n) is 10.7. The highest BCUT2D eigenvalue weighted by molar-refractivity contribution is 6.29.